The Labute approximate surface area is 204 Å². The van der Waals surface area contributed by atoms with Crippen LogP contribution in [-0.4, -0.2) is 43.1 Å². The zero-order chi connectivity index (χ0) is 26.8. The Balaban J connectivity index is 1.64. The Kier molecular flexibility index (Phi) is 6.86. The predicted octanol–water partition coefficient (Wildman–Crippen LogP) is 4.63. The fourth-order valence-electron chi connectivity index (χ4n) is 3.54. The number of rotatable bonds is 8. The van der Waals surface area contributed by atoms with E-state index >= 15 is 8.78 Å². The number of hydrogen-bond donors (Lipinski definition) is 1. The van der Waals surface area contributed by atoms with Gasteiger partial charge in [0.25, 0.3) is 0 Å². The summed E-state index contributed by atoms with van der Waals surface area (Å²) >= 11 is 0. The largest absolute Gasteiger partial charge is 0.484 e. The molecule has 7 nitrogen and oxygen atoms in total. The molecule has 0 saturated heterocycles. The lowest BCUT2D eigenvalue weighted by atomic mass is 9.84. The third-order valence-corrected chi connectivity index (χ3v) is 5.35. The summed E-state index contributed by atoms with van der Waals surface area (Å²) in [6.07, 6.45) is -2.53. The second-order valence-corrected chi connectivity index (χ2v) is 7.93. The van der Waals surface area contributed by atoms with Crippen LogP contribution < -0.4 is 4.74 Å². The van der Waals surface area contributed by atoms with E-state index in [-0.39, 0.29) is 5.75 Å². The highest BCUT2D eigenvalue weighted by molar-refractivity contribution is 5.63. The van der Waals surface area contributed by atoms with Gasteiger partial charge in [-0.3, -0.25) is 4.98 Å². The lowest BCUT2D eigenvalue weighted by Crippen LogP contribution is -2.48. The van der Waals surface area contributed by atoms with Crippen LogP contribution in [0.2, 0.25) is 0 Å². The molecule has 0 saturated carbocycles. The van der Waals surface area contributed by atoms with Crippen LogP contribution in [0.25, 0.3) is 11.1 Å². The highest BCUT2D eigenvalue weighted by Crippen LogP contribution is 2.46. The fourth-order valence-corrected chi connectivity index (χ4v) is 3.54. The van der Waals surface area contributed by atoms with Gasteiger partial charge in [-0.15, -0.1) is 5.10 Å². The van der Waals surface area contributed by atoms with E-state index in [2.05, 4.69) is 25.2 Å². The molecule has 194 valence electrons. The number of aromatic nitrogens is 5. The molecule has 0 aliphatic carbocycles. The molecule has 0 spiro atoms. The van der Waals surface area contributed by atoms with Crippen LogP contribution in [0, 0.1) is 11.6 Å². The van der Waals surface area contributed by atoms with E-state index in [0.717, 1.165) is 29.3 Å². The van der Waals surface area contributed by atoms with Crippen molar-refractivity contribution in [2.75, 3.05) is 6.61 Å². The van der Waals surface area contributed by atoms with Crippen molar-refractivity contribution >= 4 is 0 Å². The van der Waals surface area contributed by atoms with E-state index in [4.69, 9.17) is 0 Å². The maximum Gasteiger partial charge on any atom is 0.422 e. The van der Waals surface area contributed by atoms with Gasteiger partial charge in [0, 0.05) is 23.4 Å². The number of alkyl halides is 5. The molecule has 0 aliphatic rings. The summed E-state index contributed by atoms with van der Waals surface area (Å²) in [6.45, 7) is -2.47. The zero-order valence-electron chi connectivity index (χ0n) is 18.5. The van der Waals surface area contributed by atoms with Crippen molar-refractivity contribution in [2.45, 2.75) is 24.2 Å². The van der Waals surface area contributed by atoms with E-state index in [1.54, 1.807) is 0 Å². The molecule has 0 amide bonds. The van der Waals surface area contributed by atoms with E-state index in [1.165, 1.54) is 30.3 Å². The molecule has 1 N–H and O–H groups in total. The summed E-state index contributed by atoms with van der Waals surface area (Å²) in [5.74, 6) is -6.73. The standard InChI is InChI=1S/C23H16F7N5O2/c24-16-4-7-18(19(25)9-16)21(36,11-35-13-32-33-34-35)23(29,30)20-8-3-15(10-31-20)14-1-5-17(6-2-14)37-12-22(26,27)28/h1-10,13,36H,11-12H2/t21-/m1/s1. The Hall–Kier alpha value is -4.07. The van der Waals surface area contributed by atoms with Crippen LogP contribution in [0.15, 0.2) is 67.1 Å². The average molecular weight is 527 g/mol. The summed E-state index contributed by atoms with van der Waals surface area (Å²) in [5, 5.41) is 21.2. The minimum Gasteiger partial charge on any atom is -0.484 e. The fraction of sp³-hybridized carbons (Fsp3) is 0.217. The van der Waals surface area contributed by atoms with Crippen LogP contribution in [0.5, 0.6) is 5.75 Å². The minimum absolute atomic E-state index is 0.0498. The van der Waals surface area contributed by atoms with Crippen molar-refractivity contribution in [3.63, 3.8) is 0 Å². The summed E-state index contributed by atoms with van der Waals surface area (Å²) in [5.41, 5.74) is -4.39. The van der Waals surface area contributed by atoms with Gasteiger partial charge >= 0.3 is 12.1 Å². The first kappa shape index (κ1) is 26.0. The molecule has 4 aromatic rings. The van der Waals surface area contributed by atoms with Gasteiger partial charge in [-0.25, -0.2) is 13.5 Å². The van der Waals surface area contributed by atoms with Gasteiger partial charge in [0.15, 0.2) is 12.2 Å². The molecule has 0 bridgehead atoms. The quantitative estimate of drug-likeness (QED) is 0.337. The summed E-state index contributed by atoms with van der Waals surface area (Å²) in [7, 11) is 0. The molecule has 0 fully saturated rings. The van der Waals surface area contributed by atoms with Gasteiger partial charge in [0.2, 0.25) is 0 Å². The van der Waals surface area contributed by atoms with Crippen molar-refractivity contribution in [1.82, 2.24) is 25.2 Å². The number of nitrogens with zero attached hydrogens (tertiary/aromatic N) is 5. The predicted molar refractivity (Wildman–Crippen MR) is 113 cm³/mol. The van der Waals surface area contributed by atoms with Crippen LogP contribution in [0.4, 0.5) is 30.7 Å². The molecule has 0 radical (unpaired) electrons. The summed E-state index contributed by atoms with van der Waals surface area (Å²) in [6, 6.07) is 9.25. The lowest BCUT2D eigenvalue weighted by Gasteiger charge is -2.35. The Morgan fingerprint density at radius 1 is 0.892 bits per heavy atom. The van der Waals surface area contributed by atoms with Gasteiger partial charge in [0.05, 0.1) is 6.54 Å². The Morgan fingerprint density at radius 2 is 1.59 bits per heavy atom. The summed E-state index contributed by atoms with van der Waals surface area (Å²) in [4.78, 5) is 3.74. The van der Waals surface area contributed by atoms with E-state index in [0.29, 0.717) is 23.3 Å². The van der Waals surface area contributed by atoms with Gasteiger partial charge in [-0.2, -0.15) is 22.0 Å². The maximum absolute atomic E-state index is 15.8. The molecule has 2 heterocycles. The first-order valence-electron chi connectivity index (χ1n) is 10.4. The van der Waals surface area contributed by atoms with E-state index in [1.807, 2.05) is 0 Å². The van der Waals surface area contributed by atoms with Crippen molar-refractivity contribution in [2.24, 2.45) is 0 Å². The Morgan fingerprint density at radius 3 is 2.16 bits per heavy atom. The molecule has 1 atom stereocenters. The molecule has 4 rings (SSSR count). The van der Waals surface area contributed by atoms with Crippen LogP contribution in [0.1, 0.15) is 11.3 Å². The molecule has 0 unspecified atom stereocenters. The van der Waals surface area contributed by atoms with E-state index in [9.17, 15) is 27.1 Å². The van der Waals surface area contributed by atoms with Gasteiger partial charge in [0.1, 0.15) is 29.4 Å². The first-order valence-corrected chi connectivity index (χ1v) is 10.4. The molecule has 2 aromatic carbocycles. The first-order chi connectivity index (χ1) is 17.4. The SMILES string of the molecule is O[C@](Cn1cnnn1)(c1ccc(F)cc1F)C(F)(F)c1ccc(-c2ccc(OCC(F)(F)F)cc2)cn1. The molecular formula is C23H16F7N5O2. The minimum atomic E-state index is -4.51. The monoisotopic (exact) mass is 527 g/mol. The highest BCUT2D eigenvalue weighted by atomic mass is 19.4. The smallest absolute Gasteiger partial charge is 0.422 e. The van der Waals surface area contributed by atoms with E-state index < -0.39 is 53.7 Å². The zero-order valence-corrected chi connectivity index (χ0v) is 18.5. The number of ether oxygens (including phenoxy) is 1. The highest BCUT2D eigenvalue weighted by Gasteiger charge is 2.58. The number of tetrazole rings is 1. The third-order valence-electron chi connectivity index (χ3n) is 5.35. The molecule has 2 aromatic heterocycles. The molecule has 0 aliphatic heterocycles. The van der Waals surface area contributed by atoms with Crippen LogP contribution >= 0.6 is 0 Å². The second-order valence-electron chi connectivity index (χ2n) is 7.93. The number of hydrogen-bond acceptors (Lipinski definition) is 6. The topological polar surface area (TPSA) is 86.0 Å². The summed E-state index contributed by atoms with van der Waals surface area (Å²) < 4.78 is 102. The van der Waals surface area contributed by atoms with Crippen LogP contribution in [0.3, 0.4) is 0 Å². The van der Waals surface area contributed by atoms with Gasteiger partial charge < -0.3 is 9.84 Å². The van der Waals surface area contributed by atoms with Crippen molar-refractivity contribution in [3.05, 3.63) is 90.0 Å². The van der Waals surface area contributed by atoms with Crippen molar-refractivity contribution < 1.29 is 40.6 Å². The number of aliphatic hydroxyl groups is 1. The van der Waals surface area contributed by atoms with Gasteiger partial charge in [-0.1, -0.05) is 18.2 Å². The van der Waals surface area contributed by atoms with Crippen molar-refractivity contribution in [3.8, 4) is 16.9 Å². The van der Waals surface area contributed by atoms with Crippen molar-refractivity contribution in [1.29, 1.82) is 0 Å². The third kappa shape index (κ3) is 5.53. The molecule has 37 heavy (non-hydrogen) atoms. The molecule has 14 heteroatoms. The van der Waals surface area contributed by atoms with Crippen LogP contribution in [-0.2, 0) is 18.1 Å². The molecular weight excluding hydrogens is 511 g/mol. The average Bonchev–Trinajstić information content (AvgIpc) is 3.35. The second kappa shape index (κ2) is 9.76. The van der Waals surface area contributed by atoms with Gasteiger partial charge in [-0.05, 0) is 46.3 Å². The Bertz CT molecular complexity index is 1350. The number of halogens is 7. The normalized spacial score (nSPS) is 13.8. The maximum atomic E-state index is 15.8. The number of pyridine rings is 1. The lowest BCUT2D eigenvalue weighted by molar-refractivity contribution is -0.207. The number of benzene rings is 2.